The zero-order chi connectivity index (χ0) is 31.8. The van der Waals surface area contributed by atoms with E-state index in [1.54, 1.807) is 53.2 Å². The van der Waals surface area contributed by atoms with Crippen molar-refractivity contribution in [2.24, 2.45) is 0 Å². The van der Waals surface area contributed by atoms with Gasteiger partial charge in [0.25, 0.3) is 5.91 Å². The van der Waals surface area contributed by atoms with Crippen LogP contribution in [0.2, 0.25) is 0 Å². The topological polar surface area (TPSA) is 133 Å². The van der Waals surface area contributed by atoms with Crippen LogP contribution in [0.1, 0.15) is 61.8 Å². The lowest BCUT2D eigenvalue weighted by molar-refractivity contribution is 0.0282. The summed E-state index contributed by atoms with van der Waals surface area (Å²) < 4.78 is 7.33. The van der Waals surface area contributed by atoms with Crippen LogP contribution < -0.4 is 9.80 Å². The van der Waals surface area contributed by atoms with Crippen LogP contribution >= 0.6 is 0 Å². The number of hydrogen-bond donors (Lipinski definition) is 0. The van der Waals surface area contributed by atoms with Gasteiger partial charge in [-0.25, -0.2) is 14.8 Å². The number of hydrogen-bond acceptors (Lipinski definition) is 9. The van der Waals surface area contributed by atoms with Crippen LogP contribution in [0.4, 0.5) is 16.4 Å². The minimum atomic E-state index is -0.645. The number of rotatable bonds is 7. The largest absolute Gasteiger partial charge is 0.444 e. The molecule has 0 aliphatic carbocycles. The Labute approximate surface area is 256 Å². The fourth-order valence-corrected chi connectivity index (χ4v) is 4.74. The van der Waals surface area contributed by atoms with E-state index in [0.29, 0.717) is 40.0 Å². The molecule has 0 radical (unpaired) electrons. The molecule has 44 heavy (non-hydrogen) atoms. The molecule has 4 aromatic rings. The third-order valence-corrected chi connectivity index (χ3v) is 7.28. The summed E-state index contributed by atoms with van der Waals surface area (Å²) in [4.78, 5) is 41.5. The molecule has 0 atom stereocenters. The average Bonchev–Trinajstić information content (AvgIpc) is 3.61. The third-order valence-electron chi connectivity index (χ3n) is 7.28. The van der Waals surface area contributed by atoms with Crippen molar-refractivity contribution in [1.82, 2.24) is 29.6 Å². The number of nitriles is 1. The van der Waals surface area contributed by atoms with Crippen molar-refractivity contribution in [2.45, 2.75) is 59.4 Å². The summed E-state index contributed by atoms with van der Waals surface area (Å²) in [6, 6.07) is 16.5. The molecule has 226 valence electrons. The molecular weight excluding hydrogens is 558 g/mol. The Morgan fingerprint density at radius 1 is 1.11 bits per heavy atom. The van der Waals surface area contributed by atoms with E-state index in [4.69, 9.17) is 20.0 Å². The number of carbonyl (C=O) groups excluding carboxylic acids is 2. The fourth-order valence-electron chi connectivity index (χ4n) is 4.74. The van der Waals surface area contributed by atoms with E-state index in [9.17, 15) is 9.59 Å². The first-order chi connectivity index (χ1) is 20.9. The third kappa shape index (κ3) is 6.08. The zero-order valence-corrected chi connectivity index (χ0v) is 25.9. The van der Waals surface area contributed by atoms with Gasteiger partial charge in [0.15, 0.2) is 5.82 Å². The number of amides is 2. The molecule has 0 N–H and O–H groups in total. The Kier molecular flexibility index (Phi) is 8.06. The van der Waals surface area contributed by atoms with E-state index in [1.165, 1.54) is 4.90 Å². The summed E-state index contributed by atoms with van der Waals surface area (Å²) in [7, 11) is 3.58. The van der Waals surface area contributed by atoms with Crippen LogP contribution in [-0.4, -0.2) is 67.4 Å². The summed E-state index contributed by atoms with van der Waals surface area (Å²) in [5.74, 6) is 1.37. The van der Waals surface area contributed by atoms with Crippen molar-refractivity contribution in [3.8, 4) is 23.3 Å². The van der Waals surface area contributed by atoms with Crippen LogP contribution in [0.25, 0.3) is 17.2 Å². The molecule has 0 unspecified atom stereocenters. The molecule has 3 aromatic heterocycles. The Hall–Kier alpha value is -5.31. The first-order valence-corrected chi connectivity index (χ1v) is 14.3. The van der Waals surface area contributed by atoms with Crippen LogP contribution in [0, 0.1) is 11.3 Å². The molecule has 4 heterocycles. The van der Waals surface area contributed by atoms with Crippen LogP contribution in [-0.2, 0) is 17.8 Å². The average molecular weight is 594 g/mol. The van der Waals surface area contributed by atoms with E-state index < -0.39 is 11.7 Å². The maximum absolute atomic E-state index is 13.9. The molecule has 1 aliphatic rings. The molecule has 0 spiro atoms. The molecule has 0 bridgehead atoms. The van der Waals surface area contributed by atoms with Gasteiger partial charge in [-0.1, -0.05) is 6.07 Å². The second kappa shape index (κ2) is 11.8. The molecule has 5 rings (SSSR count). The van der Waals surface area contributed by atoms with Gasteiger partial charge in [0.05, 0.1) is 36.0 Å². The number of anilines is 2. The highest BCUT2D eigenvalue weighted by Gasteiger charge is 2.34. The summed E-state index contributed by atoms with van der Waals surface area (Å²) in [6.07, 6.45) is 1.10. The maximum Gasteiger partial charge on any atom is 0.410 e. The van der Waals surface area contributed by atoms with Gasteiger partial charge in [0.1, 0.15) is 29.3 Å². The lowest BCUT2D eigenvalue weighted by atomic mass is 10.1. The second-order valence-corrected chi connectivity index (χ2v) is 11.9. The monoisotopic (exact) mass is 593 g/mol. The Morgan fingerprint density at radius 3 is 2.50 bits per heavy atom. The highest BCUT2D eigenvalue weighted by Crippen LogP contribution is 2.33. The Balaban J connectivity index is 1.49. The minimum absolute atomic E-state index is 0.136. The normalized spacial score (nSPS) is 12.7. The molecule has 0 saturated carbocycles. The first kappa shape index (κ1) is 30.2. The van der Waals surface area contributed by atoms with E-state index in [1.807, 2.05) is 64.8 Å². The number of nitrogens with zero attached hydrogens (tertiary/aromatic N) is 9. The number of fused-ring (bicyclic) bond motifs is 1. The highest BCUT2D eigenvalue weighted by atomic mass is 16.6. The number of carbonyl (C=O) groups is 2. The zero-order valence-electron chi connectivity index (χ0n) is 25.9. The van der Waals surface area contributed by atoms with Gasteiger partial charge >= 0.3 is 6.09 Å². The molecule has 0 saturated heterocycles. The number of pyridine rings is 2. The van der Waals surface area contributed by atoms with Gasteiger partial charge in [-0.3, -0.25) is 14.3 Å². The van der Waals surface area contributed by atoms with Gasteiger partial charge in [-0.2, -0.15) is 5.26 Å². The molecule has 12 heteroatoms. The van der Waals surface area contributed by atoms with Gasteiger partial charge in [-0.15, -0.1) is 10.2 Å². The predicted octanol–water partition coefficient (Wildman–Crippen LogP) is 4.97. The molecule has 2 amide bonds. The standard InChI is InChI=1S/C32H35N9O3/c1-20(2)39(7)28-15-23-24(26(36-28)18-38(6)31(43)44-32(3,4)5)17-40(30(23)42)27-10-8-9-25(35-27)29-37-34-19-41(29)22-13-11-21(16-33)12-14-22/h8-15,19-20H,17-18H2,1-7H3. The minimum Gasteiger partial charge on any atom is -0.444 e. The number of aromatic nitrogens is 5. The maximum atomic E-state index is 13.9. The highest BCUT2D eigenvalue weighted by molar-refractivity contribution is 6.10. The summed E-state index contributed by atoms with van der Waals surface area (Å²) in [5.41, 5.74) is 3.07. The molecule has 12 nitrogen and oxygen atoms in total. The van der Waals surface area contributed by atoms with Crippen molar-refractivity contribution in [1.29, 1.82) is 5.26 Å². The van der Waals surface area contributed by atoms with Gasteiger partial charge in [-0.05, 0) is 77.1 Å². The quantitative estimate of drug-likeness (QED) is 0.291. The lowest BCUT2D eigenvalue weighted by Gasteiger charge is -2.26. The fraction of sp³-hybridized carbons (Fsp3) is 0.344. The molecular formula is C32H35N9O3. The summed E-state index contributed by atoms with van der Waals surface area (Å²) >= 11 is 0. The van der Waals surface area contributed by atoms with Gasteiger partial charge in [0, 0.05) is 31.4 Å². The summed E-state index contributed by atoms with van der Waals surface area (Å²) in [6.45, 7) is 9.94. The van der Waals surface area contributed by atoms with Crippen molar-refractivity contribution < 1.29 is 14.3 Å². The molecule has 0 fully saturated rings. The summed E-state index contributed by atoms with van der Waals surface area (Å²) in [5, 5.41) is 17.5. The first-order valence-electron chi connectivity index (χ1n) is 14.3. The number of benzene rings is 1. The second-order valence-electron chi connectivity index (χ2n) is 11.9. The lowest BCUT2D eigenvalue weighted by Crippen LogP contribution is -2.34. The van der Waals surface area contributed by atoms with Crippen molar-refractivity contribution in [2.75, 3.05) is 23.9 Å². The van der Waals surface area contributed by atoms with Crippen molar-refractivity contribution in [3.05, 3.63) is 77.2 Å². The van der Waals surface area contributed by atoms with E-state index in [-0.39, 0.29) is 25.0 Å². The molecule has 1 aliphatic heterocycles. The van der Waals surface area contributed by atoms with Crippen molar-refractivity contribution in [3.63, 3.8) is 0 Å². The smallest absolute Gasteiger partial charge is 0.410 e. The SMILES string of the molecule is CC(C)N(C)c1cc2c(c(CN(C)C(=O)OC(C)(C)C)n1)CN(c1cccc(-c3nncn3-c3ccc(C#N)cc3)n1)C2=O. The van der Waals surface area contributed by atoms with E-state index in [2.05, 4.69) is 16.3 Å². The van der Waals surface area contributed by atoms with Gasteiger partial charge < -0.3 is 14.5 Å². The van der Waals surface area contributed by atoms with Crippen molar-refractivity contribution >= 4 is 23.6 Å². The Morgan fingerprint density at radius 2 is 1.84 bits per heavy atom. The van der Waals surface area contributed by atoms with E-state index in [0.717, 1.165) is 11.3 Å². The molecule has 1 aromatic carbocycles. The van der Waals surface area contributed by atoms with Crippen LogP contribution in [0.3, 0.4) is 0 Å². The predicted molar refractivity (Wildman–Crippen MR) is 165 cm³/mol. The van der Waals surface area contributed by atoms with Crippen LogP contribution in [0.15, 0.2) is 54.9 Å². The Bertz CT molecular complexity index is 1750. The van der Waals surface area contributed by atoms with Crippen LogP contribution in [0.5, 0.6) is 0 Å². The van der Waals surface area contributed by atoms with E-state index >= 15 is 0 Å². The number of ether oxygens (including phenoxy) is 1. The van der Waals surface area contributed by atoms with Gasteiger partial charge in [0.2, 0.25) is 0 Å².